The molecule has 48 nitrogen and oxygen atoms in total. The van der Waals surface area contributed by atoms with Crippen LogP contribution in [0.5, 0.6) is 0 Å². The first-order valence-electron chi connectivity index (χ1n) is 36.3. The Hall–Kier alpha value is -10.6. The summed E-state index contributed by atoms with van der Waals surface area (Å²) in [5.74, 6) is -25.1. The van der Waals surface area contributed by atoms with Crippen molar-refractivity contribution in [3.63, 3.8) is 0 Å². The Balaban J connectivity index is 2.92. The van der Waals surface area contributed by atoms with Crippen molar-refractivity contribution in [2.24, 2.45) is 23.5 Å². The number of aromatic nitrogens is 2. The highest BCUT2D eigenvalue weighted by Crippen LogP contribution is 2.12. The molecule has 16 atom stereocenters. The Morgan fingerprint density at radius 2 is 0.667 bits per heavy atom. The molecule has 0 bridgehead atoms. The number of carbonyl (C=O) groups is 20. The van der Waals surface area contributed by atoms with Crippen LogP contribution < -0.4 is 101 Å². The van der Waals surface area contributed by atoms with Gasteiger partial charge in [-0.1, -0.05) is 41.5 Å². The normalized spacial score (nSPS) is 15.2. The maximum atomic E-state index is 13.9. The molecule has 0 fully saturated rings. The van der Waals surface area contributed by atoms with Gasteiger partial charge in [-0.15, -0.1) is 0 Å². The first kappa shape index (κ1) is 104. The molecular weight excluding hydrogens is 1620 g/mol. The summed E-state index contributed by atoms with van der Waals surface area (Å²) in [5, 5.41) is 110. The first-order valence-corrected chi connectivity index (χ1v) is 38.2. The molecule has 117 heavy (non-hydrogen) atoms. The van der Waals surface area contributed by atoms with E-state index in [1.807, 2.05) is 0 Å². The van der Waals surface area contributed by atoms with Gasteiger partial charge in [-0.3, -0.25) is 91.1 Å². The molecule has 51 heteroatoms. The van der Waals surface area contributed by atoms with E-state index >= 15 is 0 Å². The van der Waals surface area contributed by atoms with Crippen LogP contribution in [0, 0.1) is 17.8 Å². The van der Waals surface area contributed by atoms with Crippen molar-refractivity contribution < 1.29 is 132 Å². The molecule has 658 valence electrons. The minimum atomic E-state index is -2.03. The predicted octanol–water partition coefficient (Wildman–Crippen LogP) is -14.0. The maximum absolute atomic E-state index is 13.9. The number of nitrogens with one attached hydrogen (secondary N) is 19. The summed E-state index contributed by atoms with van der Waals surface area (Å²) in [6, 6.07) is -22.7. The highest BCUT2D eigenvalue weighted by molar-refractivity contribution is 7.80. The number of nitrogens with two attached hydrogens (primary N) is 1. The standard InChI is InChI=1S/C66H109N21O27S3/c1-27(2)10-34(54(101)72-19-48(97)76-37(66(113)114)12-33-14-68-26-74-33)75-47(96)18-73-55(102)38(20-88)80-59(106)39(21-89)77-46(95)17-70-44(93)15-69-45(94)16-71-56(103)41(23-115)84-64(111)51(31(8)91)86-58(105)35(11-28(3)4)78-61(108)42(24-116)83-60(107)40(22-90)81-57(104)36(13-49(98)99)79-63(110)50(29(5)6)85-65(112)52(32(9)92)87-62(109)43(25-117)82-53(100)30(7)67/h14,26-32,34-43,50-52,88-92,115-117H,10-13,15-25,67H2,1-9H3,(H,68,74)(H,69,94)(H,70,93)(H,71,103)(H,72,101)(H,73,102)(H,75,96)(H,76,97)(H,77,95)(H,78,108)(H,79,110)(H,80,106)(H,81,104)(H,82,100)(H,83,107)(H,84,111)(H,85,112)(H,86,105)(H,87,109)(H,98,99)(H,113,114)/t30-,31+,32+,34-,35-,36-,37-,38-,39-,40-,41-,42-,43-,50-,51-,52-/m0/s1. The maximum Gasteiger partial charge on any atom is 0.326 e. The molecule has 18 amide bonds. The lowest BCUT2D eigenvalue weighted by Crippen LogP contribution is -2.63. The SMILES string of the molecule is CC(C)C[C@H](NC(=O)CNC(=O)[C@H](CO)NC(=O)[C@H](CO)NC(=O)CNC(=O)CNC(=O)CNC(=O)[C@H](CS)NC(=O)[C@@H](NC(=O)[C@H](CC(C)C)NC(=O)[C@H](CS)NC(=O)[C@H](CO)NC(=O)[C@H](CC(=O)O)NC(=O)[C@@H](NC(=O)[C@@H](NC(=O)[C@H](CS)NC(=O)[C@H](C)N)[C@@H](C)O)C(C)C)[C@@H](C)O)C(=O)NCC(=O)N[C@@H](Cc1c[nH]cn1)C(=O)O. The Bertz CT molecular complexity index is 3600. The third-order valence-corrected chi connectivity index (χ3v) is 17.3. The molecule has 0 aromatic carbocycles. The molecule has 0 spiro atoms. The van der Waals surface area contributed by atoms with Gasteiger partial charge in [0.2, 0.25) is 106 Å². The number of rotatable bonds is 54. The summed E-state index contributed by atoms with van der Waals surface area (Å²) in [7, 11) is 0. The van der Waals surface area contributed by atoms with Crippen LogP contribution in [0.15, 0.2) is 12.5 Å². The lowest BCUT2D eigenvalue weighted by molar-refractivity contribution is -0.142. The number of H-pyrrole nitrogens is 1. The van der Waals surface area contributed by atoms with Gasteiger partial charge in [0, 0.05) is 29.9 Å². The number of carboxylic acid groups (broad SMARTS) is 2. The third-order valence-electron chi connectivity index (χ3n) is 16.2. The minimum Gasteiger partial charge on any atom is -0.481 e. The van der Waals surface area contributed by atoms with Crippen LogP contribution in [-0.4, -0.2) is 331 Å². The smallest absolute Gasteiger partial charge is 0.326 e. The number of imidazole rings is 1. The summed E-state index contributed by atoms with van der Waals surface area (Å²) in [6.07, 6.45) is -2.06. The van der Waals surface area contributed by atoms with Crippen LogP contribution in [0.1, 0.15) is 87.3 Å². The molecule has 0 unspecified atom stereocenters. The molecule has 0 aliphatic carbocycles. The molecule has 0 aliphatic rings. The molecular formula is C66H109N21O27S3. The second kappa shape index (κ2) is 53.6. The number of carbonyl (C=O) groups excluding carboxylic acids is 18. The first-order chi connectivity index (χ1) is 54.8. The van der Waals surface area contributed by atoms with Gasteiger partial charge in [-0.25, -0.2) is 9.78 Å². The van der Waals surface area contributed by atoms with E-state index in [9.17, 15) is 132 Å². The van der Waals surface area contributed by atoms with Gasteiger partial charge in [0.05, 0.1) is 89.2 Å². The summed E-state index contributed by atoms with van der Waals surface area (Å²) in [4.78, 5) is 267. The zero-order valence-corrected chi connectivity index (χ0v) is 68.1. The van der Waals surface area contributed by atoms with Gasteiger partial charge in [-0.2, -0.15) is 37.9 Å². The van der Waals surface area contributed by atoms with Gasteiger partial charge in [0.25, 0.3) is 0 Å². The van der Waals surface area contributed by atoms with Crippen LogP contribution in [0.2, 0.25) is 0 Å². The Morgan fingerprint density at radius 1 is 0.368 bits per heavy atom. The molecule has 0 radical (unpaired) electrons. The number of hydrogen-bond donors (Lipinski definition) is 30. The van der Waals surface area contributed by atoms with E-state index in [0.29, 0.717) is 5.69 Å². The average Bonchev–Trinajstić information content (AvgIpc) is 1.15. The predicted molar refractivity (Wildman–Crippen MR) is 416 cm³/mol. The fourth-order valence-electron chi connectivity index (χ4n) is 9.87. The van der Waals surface area contributed by atoms with E-state index in [1.54, 1.807) is 27.7 Å². The van der Waals surface area contributed by atoms with Crippen LogP contribution in [-0.2, 0) is 102 Å². The topological polar surface area (TPSA) is 754 Å². The molecule has 0 saturated heterocycles. The third kappa shape index (κ3) is 39.3. The van der Waals surface area contributed by atoms with E-state index in [1.165, 1.54) is 33.3 Å². The summed E-state index contributed by atoms with van der Waals surface area (Å²) in [5.41, 5.74) is 5.89. The summed E-state index contributed by atoms with van der Waals surface area (Å²) in [6.45, 7) is 5.63. The average molecular weight is 1720 g/mol. The van der Waals surface area contributed by atoms with Crippen molar-refractivity contribution in [3.8, 4) is 0 Å². The second-order valence-corrected chi connectivity index (χ2v) is 28.6. The number of aliphatic hydroxyl groups excluding tert-OH is 5. The van der Waals surface area contributed by atoms with Crippen LogP contribution >= 0.6 is 37.9 Å². The number of aromatic amines is 1. The molecule has 1 aromatic heterocycles. The van der Waals surface area contributed by atoms with Gasteiger partial charge >= 0.3 is 11.9 Å². The highest BCUT2D eigenvalue weighted by atomic mass is 32.1. The van der Waals surface area contributed by atoms with Crippen LogP contribution in [0.25, 0.3) is 0 Å². The zero-order valence-electron chi connectivity index (χ0n) is 65.4. The fourth-order valence-corrected chi connectivity index (χ4v) is 10.6. The number of thiol groups is 3. The molecule has 1 aromatic rings. The number of carboxylic acids is 2. The number of aliphatic carboxylic acids is 2. The van der Waals surface area contributed by atoms with Gasteiger partial charge in [0.15, 0.2) is 0 Å². The monoisotopic (exact) mass is 1720 g/mol. The minimum absolute atomic E-state index is 0.0338. The van der Waals surface area contributed by atoms with Gasteiger partial charge in [0.1, 0.15) is 78.5 Å². The van der Waals surface area contributed by atoms with Crippen molar-refractivity contribution in [2.75, 3.05) is 69.8 Å². The molecule has 0 saturated carbocycles. The Kier molecular flexibility index (Phi) is 47.9. The number of nitrogens with zero attached hydrogens (tertiary/aromatic N) is 1. The fraction of sp³-hybridized carbons (Fsp3) is 0.652. The number of aliphatic hydroxyl groups is 5. The van der Waals surface area contributed by atoms with Crippen molar-refractivity contribution in [1.82, 2.24) is 106 Å². The summed E-state index contributed by atoms with van der Waals surface area (Å²) < 4.78 is 0. The molecule has 0 aliphatic heterocycles. The lowest BCUT2D eigenvalue weighted by atomic mass is 10.0. The van der Waals surface area contributed by atoms with Crippen LogP contribution in [0.4, 0.5) is 0 Å². The number of hydrogen-bond acceptors (Lipinski definition) is 30. The van der Waals surface area contributed by atoms with Crippen molar-refractivity contribution >= 4 is 156 Å². The van der Waals surface area contributed by atoms with Crippen LogP contribution in [0.3, 0.4) is 0 Å². The second-order valence-electron chi connectivity index (χ2n) is 27.5. The quantitative estimate of drug-likeness (QED) is 0.0269. The molecule has 1 rings (SSSR count). The van der Waals surface area contributed by atoms with Crippen molar-refractivity contribution in [1.29, 1.82) is 0 Å². The van der Waals surface area contributed by atoms with Gasteiger partial charge in [-0.05, 0) is 51.4 Å². The van der Waals surface area contributed by atoms with E-state index < -0.39 is 297 Å². The van der Waals surface area contributed by atoms with Crippen molar-refractivity contribution in [3.05, 3.63) is 18.2 Å². The zero-order chi connectivity index (χ0) is 89.3. The van der Waals surface area contributed by atoms with Crippen molar-refractivity contribution in [2.45, 2.75) is 185 Å². The molecule has 28 N–H and O–H groups in total. The highest BCUT2D eigenvalue weighted by Gasteiger charge is 2.39. The Morgan fingerprint density at radius 3 is 1.08 bits per heavy atom. The van der Waals surface area contributed by atoms with E-state index in [0.717, 1.165) is 13.8 Å². The lowest BCUT2D eigenvalue weighted by Gasteiger charge is -2.29. The summed E-state index contributed by atoms with van der Waals surface area (Å²) >= 11 is 12.2. The van der Waals surface area contributed by atoms with E-state index in [4.69, 9.17) is 5.73 Å². The van der Waals surface area contributed by atoms with Gasteiger partial charge < -0.3 is 142 Å². The van der Waals surface area contributed by atoms with E-state index in [-0.39, 0.29) is 30.9 Å². The Labute approximate surface area is 686 Å². The molecule has 1 heterocycles. The van der Waals surface area contributed by atoms with E-state index in [2.05, 4.69) is 144 Å². The number of amides is 18. The largest absolute Gasteiger partial charge is 0.481 e.